The van der Waals surface area contributed by atoms with Crippen LogP contribution in [0.1, 0.15) is 54.6 Å². The van der Waals surface area contributed by atoms with Gasteiger partial charge in [-0.25, -0.2) is 9.18 Å². The largest absolute Gasteiger partial charge is 0.480 e. The third-order valence-corrected chi connectivity index (χ3v) is 6.43. The molecular weight excluding hydrogens is 407 g/mol. The molecule has 1 amide bonds. The van der Waals surface area contributed by atoms with Crippen molar-refractivity contribution in [3.63, 3.8) is 0 Å². The number of aromatic nitrogens is 1. The zero-order chi connectivity index (χ0) is 22.8. The fourth-order valence-electron chi connectivity index (χ4n) is 4.94. The topological polar surface area (TPSA) is 71.3 Å². The van der Waals surface area contributed by atoms with Crippen molar-refractivity contribution in [3.05, 3.63) is 70.7 Å². The number of carboxylic acids is 1. The number of aliphatic carboxylic acids is 1. The third-order valence-electron chi connectivity index (χ3n) is 6.43. The first-order valence-corrected chi connectivity index (χ1v) is 11.3. The van der Waals surface area contributed by atoms with Crippen molar-refractivity contribution >= 4 is 22.8 Å². The minimum atomic E-state index is -0.886. The molecule has 0 radical (unpaired) electrons. The van der Waals surface area contributed by atoms with E-state index in [9.17, 15) is 19.1 Å². The number of hydrogen-bond acceptors (Lipinski definition) is 2. The van der Waals surface area contributed by atoms with Crippen molar-refractivity contribution in [2.45, 2.75) is 64.5 Å². The van der Waals surface area contributed by atoms with E-state index in [2.05, 4.69) is 11.4 Å². The Morgan fingerprint density at radius 2 is 2.06 bits per heavy atom. The van der Waals surface area contributed by atoms with Crippen LogP contribution in [0.3, 0.4) is 0 Å². The van der Waals surface area contributed by atoms with Gasteiger partial charge in [-0.15, -0.1) is 0 Å². The molecule has 6 heteroatoms. The summed E-state index contributed by atoms with van der Waals surface area (Å²) >= 11 is 0. The molecule has 1 unspecified atom stereocenters. The Kier molecular flexibility index (Phi) is 6.31. The molecule has 2 N–H and O–H groups in total. The maximum absolute atomic E-state index is 14.1. The van der Waals surface area contributed by atoms with Gasteiger partial charge < -0.3 is 15.0 Å². The summed E-state index contributed by atoms with van der Waals surface area (Å²) in [6.45, 7) is 3.89. The fraction of sp³-hybridized carbons (Fsp3) is 0.385. The van der Waals surface area contributed by atoms with Crippen LogP contribution in [0.5, 0.6) is 0 Å². The maximum atomic E-state index is 14.1. The number of nitrogens with zero attached hydrogens (tertiary/aromatic N) is 1. The molecule has 0 saturated heterocycles. The molecule has 3 aromatic rings. The Labute approximate surface area is 187 Å². The van der Waals surface area contributed by atoms with Crippen LogP contribution in [-0.2, 0) is 28.9 Å². The van der Waals surface area contributed by atoms with Crippen LogP contribution >= 0.6 is 0 Å². The van der Waals surface area contributed by atoms with Crippen molar-refractivity contribution in [2.24, 2.45) is 0 Å². The molecule has 2 aromatic carbocycles. The van der Waals surface area contributed by atoms with Gasteiger partial charge in [-0.3, -0.25) is 4.79 Å². The summed E-state index contributed by atoms with van der Waals surface area (Å²) < 4.78 is 15.9. The quantitative estimate of drug-likeness (QED) is 0.562. The lowest BCUT2D eigenvalue weighted by Crippen LogP contribution is -2.39. The van der Waals surface area contributed by atoms with E-state index in [0.717, 1.165) is 34.1 Å². The molecule has 0 bridgehead atoms. The molecule has 0 spiro atoms. The van der Waals surface area contributed by atoms with E-state index in [0.29, 0.717) is 32.1 Å². The number of carboxylic acid groups (broad SMARTS) is 1. The predicted octanol–water partition coefficient (Wildman–Crippen LogP) is 4.73. The van der Waals surface area contributed by atoms with E-state index in [-0.39, 0.29) is 17.8 Å². The standard InChI is InChI=1S/C26H29FN2O3/c1-3-22(26(31)32)29-23-10-8-18(27)14-20(23)21-15-19(9-11-24(21)29)28-25(30)12-7-17-6-4-5-16(2)13-17/h4-6,8,10,13-14,19,22H,3,7,9,11-12,15H2,1-2H3,(H,28,30)(H,31,32)/t19-,22?/m0/s1. The van der Waals surface area contributed by atoms with Crippen LogP contribution in [0.25, 0.3) is 10.9 Å². The summed E-state index contributed by atoms with van der Waals surface area (Å²) in [6.07, 6.45) is 3.51. The van der Waals surface area contributed by atoms with Gasteiger partial charge in [0.2, 0.25) is 5.91 Å². The molecule has 4 rings (SSSR count). The fourth-order valence-corrected chi connectivity index (χ4v) is 4.94. The van der Waals surface area contributed by atoms with Gasteiger partial charge in [-0.1, -0.05) is 36.8 Å². The van der Waals surface area contributed by atoms with E-state index in [1.807, 2.05) is 36.6 Å². The van der Waals surface area contributed by atoms with Crippen molar-refractivity contribution in [3.8, 4) is 0 Å². The van der Waals surface area contributed by atoms with Crippen LogP contribution in [0.4, 0.5) is 4.39 Å². The average molecular weight is 437 g/mol. The number of rotatable bonds is 7. The van der Waals surface area contributed by atoms with Crippen LogP contribution in [0.15, 0.2) is 42.5 Å². The Morgan fingerprint density at radius 3 is 2.78 bits per heavy atom. The molecule has 0 saturated carbocycles. The second-order valence-corrected chi connectivity index (χ2v) is 8.72. The molecular formula is C26H29FN2O3. The number of benzene rings is 2. The highest BCUT2D eigenvalue weighted by Crippen LogP contribution is 2.36. The van der Waals surface area contributed by atoms with Gasteiger partial charge in [-0.2, -0.15) is 0 Å². The summed E-state index contributed by atoms with van der Waals surface area (Å²) in [5.41, 5.74) is 4.97. The van der Waals surface area contributed by atoms with Crippen molar-refractivity contribution in [1.82, 2.24) is 9.88 Å². The lowest BCUT2D eigenvalue weighted by atomic mass is 9.91. The van der Waals surface area contributed by atoms with Crippen LogP contribution < -0.4 is 5.32 Å². The van der Waals surface area contributed by atoms with E-state index in [1.54, 1.807) is 6.07 Å². The van der Waals surface area contributed by atoms with E-state index < -0.39 is 12.0 Å². The number of amides is 1. The summed E-state index contributed by atoms with van der Waals surface area (Å²) in [6, 6.07) is 12.0. The zero-order valence-electron chi connectivity index (χ0n) is 18.5. The van der Waals surface area contributed by atoms with E-state index in [1.165, 1.54) is 17.7 Å². The molecule has 0 fully saturated rings. The molecule has 2 atom stereocenters. The molecule has 32 heavy (non-hydrogen) atoms. The first kappa shape index (κ1) is 22.1. The van der Waals surface area contributed by atoms with Crippen LogP contribution in [-0.4, -0.2) is 27.6 Å². The van der Waals surface area contributed by atoms with Crippen LogP contribution in [0, 0.1) is 12.7 Å². The highest BCUT2D eigenvalue weighted by molar-refractivity contribution is 5.88. The SMILES string of the molecule is CCC(C(=O)O)n1c2c(c3cc(F)ccc31)C[C@@H](NC(=O)CCc1cccc(C)c1)CC2. The van der Waals surface area contributed by atoms with Crippen LogP contribution in [0.2, 0.25) is 0 Å². The monoisotopic (exact) mass is 436 g/mol. The minimum absolute atomic E-state index is 0.00634. The van der Waals surface area contributed by atoms with Gasteiger partial charge in [0.15, 0.2) is 0 Å². The second kappa shape index (κ2) is 9.15. The maximum Gasteiger partial charge on any atom is 0.326 e. The van der Waals surface area contributed by atoms with Gasteiger partial charge >= 0.3 is 5.97 Å². The number of carbonyl (C=O) groups excluding carboxylic acids is 1. The molecule has 0 aliphatic heterocycles. The van der Waals surface area contributed by atoms with Gasteiger partial charge in [0.05, 0.1) is 0 Å². The van der Waals surface area contributed by atoms with E-state index in [4.69, 9.17) is 0 Å². The Bertz CT molecular complexity index is 1170. The minimum Gasteiger partial charge on any atom is -0.480 e. The van der Waals surface area contributed by atoms with Crippen molar-refractivity contribution < 1.29 is 19.1 Å². The number of fused-ring (bicyclic) bond motifs is 3. The Balaban J connectivity index is 1.54. The van der Waals surface area contributed by atoms with Gasteiger partial charge in [-0.05, 0) is 68.4 Å². The average Bonchev–Trinajstić information content (AvgIpc) is 3.06. The van der Waals surface area contributed by atoms with Gasteiger partial charge in [0.25, 0.3) is 0 Å². The molecule has 1 aliphatic rings. The lowest BCUT2D eigenvalue weighted by molar-refractivity contribution is -0.141. The van der Waals surface area contributed by atoms with Crippen molar-refractivity contribution in [1.29, 1.82) is 0 Å². The first-order valence-electron chi connectivity index (χ1n) is 11.3. The number of nitrogens with one attached hydrogen (secondary N) is 1. The molecule has 1 heterocycles. The number of halogens is 1. The molecule has 5 nitrogen and oxygen atoms in total. The highest BCUT2D eigenvalue weighted by Gasteiger charge is 2.30. The Hall–Kier alpha value is -3.15. The Morgan fingerprint density at radius 1 is 1.25 bits per heavy atom. The molecule has 1 aromatic heterocycles. The van der Waals surface area contributed by atoms with Gasteiger partial charge in [0.1, 0.15) is 11.9 Å². The summed E-state index contributed by atoms with van der Waals surface area (Å²) in [5.74, 6) is -1.22. The highest BCUT2D eigenvalue weighted by atomic mass is 19.1. The first-order chi connectivity index (χ1) is 15.4. The molecule has 168 valence electrons. The summed E-state index contributed by atoms with van der Waals surface area (Å²) in [7, 11) is 0. The smallest absolute Gasteiger partial charge is 0.326 e. The lowest BCUT2D eigenvalue weighted by Gasteiger charge is -2.26. The third kappa shape index (κ3) is 4.40. The number of carbonyl (C=O) groups is 2. The predicted molar refractivity (Wildman–Crippen MR) is 122 cm³/mol. The number of hydrogen-bond donors (Lipinski definition) is 2. The van der Waals surface area contributed by atoms with E-state index >= 15 is 0 Å². The number of aryl methyl sites for hydroxylation is 2. The summed E-state index contributed by atoms with van der Waals surface area (Å²) in [4.78, 5) is 24.5. The summed E-state index contributed by atoms with van der Waals surface area (Å²) in [5, 5.41) is 13.6. The molecule has 1 aliphatic carbocycles. The van der Waals surface area contributed by atoms with Gasteiger partial charge in [0, 0.05) is 29.1 Å². The van der Waals surface area contributed by atoms with Crippen molar-refractivity contribution in [2.75, 3.05) is 0 Å². The zero-order valence-corrected chi connectivity index (χ0v) is 18.5. The second-order valence-electron chi connectivity index (χ2n) is 8.72. The normalized spacial score (nSPS) is 16.5.